The van der Waals surface area contributed by atoms with E-state index in [2.05, 4.69) is 6.07 Å². The maximum atomic E-state index is 15.2. The van der Waals surface area contributed by atoms with Crippen LogP contribution in [0.5, 0.6) is 0 Å². The molecule has 3 heterocycles. The van der Waals surface area contributed by atoms with E-state index in [1.54, 1.807) is 36.4 Å². The van der Waals surface area contributed by atoms with Gasteiger partial charge in [-0.15, -0.1) is 11.3 Å². The number of thiophene rings is 1. The highest BCUT2D eigenvalue weighted by atomic mass is 32.2. The molecule has 5 aromatic carbocycles. The largest absolute Gasteiger partial charge is 0.301 e. The van der Waals surface area contributed by atoms with Crippen LogP contribution in [0, 0.1) is 23.0 Å². The molecule has 0 saturated carbocycles. The number of sulfone groups is 1. The Hall–Kier alpha value is -5.43. The van der Waals surface area contributed by atoms with Crippen molar-refractivity contribution in [2.24, 2.45) is 0 Å². The molecular formula is C39H24F2N2O3S2. The molecule has 0 radical (unpaired) electrons. The zero-order chi connectivity index (χ0) is 33.5. The van der Waals surface area contributed by atoms with Crippen molar-refractivity contribution in [1.29, 1.82) is 5.26 Å². The minimum Gasteiger partial charge on any atom is -0.301 e. The SMILES string of the molecule is CC1(C)c2cc(-c3cc(C#N)ccc3F)ccc2N(c2ccc(F)c3ccccc23)c2sc(/C=C3\C(=O)c4ccccc4S3(=O)=O)cc21. The van der Waals surface area contributed by atoms with Crippen LogP contribution >= 0.6 is 11.3 Å². The molecule has 1 aromatic heterocycles. The highest BCUT2D eigenvalue weighted by molar-refractivity contribution is 7.97. The van der Waals surface area contributed by atoms with Crippen LogP contribution in [-0.2, 0) is 15.3 Å². The molecule has 8 rings (SSSR count). The first-order valence-corrected chi connectivity index (χ1v) is 17.4. The van der Waals surface area contributed by atoms with Crippen molar-refractivity contribution in [1.82, 2.24) is 0 Å². The number of allylic oxidation sites excluding steroid dienone is 1. The minimum atomic E-state index is -4.02. The van der Waals surface area contributed by atoms with Crippen LogP contribution in [0.25, 0.3) is 28.0 Å². The second-order valence-corrected chi connectivity index (χ2v) is 15.3. The Kier molecular flexibility index (Phi) is 6.57. The van der Waals surface area contributed by atoms with E-state index in [0.717, 1.165) is 21.8 Å². The number of halogens is 2. The van der Waals surface area contributed by atoms with Crippen LogP contribution in [-0.4, -0.2) is 14.2 Å². The number of ketones is 1. The lowest BCUT2D eigenvalue weighted by molar-refractivity contribution is 0.104. The highest BCUT2D eigenvalue weighted by Gasteiger charge is 2.42. The third-order valence-electron chi connectivity index (χ3n) is 9.22. The summed E-state index contributed by atoms with van der Waals surface area (Å²) in [5, 5.41) is 11.4. The summed E-state index contributed by atoms with van der Waals surface area (Å²) in [7, 11) is -4.02. The molecule has 2 aliphatic heterocycles. The van der Waals surface area contributed by atoms with Crippen LogP contribution < -0.4 is 4.90 Å². The minimum absolute atomic E-state index is 0.00468. The molecule has 48 heavy (non-hydrogen) atoms. The molecule has 0 N–H and O–H groups in total. The summed E-state index contributed by atoms with van der Waals surface area (Å²) in [6, 6.07) is 30.3. The number of hydrogen-bond donors (Lipinski definition) is 0. The van der Waals surface area contributed by atoms with Gasteiger partial charge in [0.15, 0.2) is 0 Å². The quantitative estimate of drug-likeness (QED) is 0.175. The second kappa shape index (κ2) is 10.5. The topological polar surface area (TPSA) is 78.2 Å². The van der Waals surface area contributed by atoms with Gasteiger partial charge in [-0.05, 0) is 83.4 Å². The van der Waals surface area contributed by atoms with Crippen molar-refractivity contribution >= 4 is 60.2 Å². The van der Waals surface area contributed by atoms with Gasteiger partial charge in [-0.2, -0.15) is 5.26 Å². The predicted octanol–water partition coefficient (Wildman–Crippen LogP) is 9.84. The zero-order valence-electron chi connectivity index (χ0n) is 25.6. The second-order valence-electron chi connectivity index (χ2n) is 12.3. The van der Waals surface area contributed by atoms with Crippen molar-refractivity contribution in [3.8, 4) is 17.2 Å². The van der Waals surface area contributed by atoms with Gasteiger partial charge in [-0.3, -0.25) is 4.79 Å². The lowest BCUT2D eigenvalue weighted by Crippen LogP contribution is -2.29. The Morgan fingerprint density at radius 1 is 0.792 bits per heavy atom. The van der Waals surface area contributed by atoms with Crippen LogP contribution in [0.2, 0.25) is 0 Å². The maximum Gasteiger partial charge on any atom is 0.211 e. The highest BCUT2D eigenvalue weighted by Crippen LogP contribution is 2.57. The first-order chi connectivity index (χ1) is 23.0. The van der Waals surface area contributed by atoms with E-state index in [4.69, 9.17) is 0 Å². The predicted molar refractivity (Wildman–Crippen MR) is 185 cm³/mol. The molecule has 0 spiro atoms. The maximum absolute atomic E-state index is 15.2. The molecule has 0 amide bonds. The average Bonchev–Trinajstić information content (AvgIpc) is 3.60. The van der Waals surface area contributed by atoms with Gasteiger partial charge >= 0.3 is 0 Å². The summed E-state index contributed by atoms with van der Waals surface area (Å²) < 4.78 is 57.2. The first-order valence-electron chi connectivity index (χ1n) is 15.1. The molecule has 2 aliphatic rings. The number of anilines is 3. The van der Waals surface area contributed by atoms with Crippen LogP contribution in [0.4, 0.5) is 25.2 Å². The van der Waals surface area contributed by atoms with E-state index in [1.165, 1.54) is 53.8 Å². The lowest BCUT2D eigenvalue weighted by atomic mass is 9.74. The lowest BCUT2D eigenvalue weighted by Gasteiger charge is -2.40. The van der Waals surface area contributed by atoms with Gasteiger partial charge in [0, 0.05) is 32.2 Å². The molecule has 0 bridgehead atoms. The number of benzene rings is 5. The van der Waals surface area contributed by atoms with Gasteiger partial charge in [0.1, 0.15) is 21.5 Å². The molecule has 234 valence electrons. The standard InChI is InChI=1S/C39H24F2N2O3S2/c1-39(2)29-18-23(28-17-22(21-42)11-13-32(28)41)12-15-34(29)43(33-16-14-31(40)25-7-3-4-8-26(25)33)38-30(39)19-24(47-38)20-36-37(44)27-9-5-6-10-35(27)48(36,45)46/h3-20H,1-2H3/b36-20+. The average molecular weight is 671 g/mol. The van der Waals surface area contributed by atoms with Gasteiger partial charge in [-0.25, -0.2) is 17.2 Å². The van der Waals surface area contributed by atoms with Gasteiger partial charge in [0.2, 0.25) is 15.6 Å². The van der Waals surface area contributed by atoms with Crippen molar-refractivity contribution in [3.63, 3.8) is 0 Å². The summed E-state index contributed by atoms with van der Waals surface area (Å²) >= 11 is 1.34. The number of rotatable bonds is 3. The number of carbonyl (C=O) groups is 1. The first kappa shape index (κ1) is 29.9. The molecule has 9 heteroatoms. The third-order valence-corrected chi connectivity index (χ3v) is 12.1. The smallest absolute Gasteiger partial charge is 0.211 e. The molecule has 0 saturated heterocycles. The molecule has 0 atom stereocenters. The van der Waals surface area contributed by atoms with E-state index in [-0.39, 0.29) is 26.7 Å². The fourth-order valence-corrected chi connectivity index (χ4v) is 9.71. The molecule has 0 fully saturated rings. The Morgan fingerprint density at radius 3 is 2.27 bits per heavy atom. The number of nitriles is 1. The number of carbonyl (C=O) groups excluding carboxylic acids is 1. The fourth-order valence-electron chi connectivity index (χ4n) is 6.77. The number of nitrogens with zero attached hydrogens (tertiary/aromatic N) is 2. The number of fused-ring (bicyclic) bond motifs is 4. The van der Waals surface area contributed by atoms with Gasteiger partial charge in [-0.1, -0.05) is 56.3 Å². The normalized spacial score (nSPS) is 16.4. The van der Waals surface area contributed by atoms with E-state index in [1.807, 2.05) is 49.1 Å². The fraction of sp³-hybridized carbons (Fsp3) is 0.0769. The van der Waals surface area contributed by atoms with E-state index < -0.39 is 26.9 Å². The van der Waals surface area contributed by atoms with Crippen molar-refractivity contribution in [2.45, 2.75) is 24.2 Å². The molecule has 6 aromatic rings. The van der Waals surface area contributed by atoms with Crippen LogP contribution in [0.3, 0.4) is 0 Å². The summed E-state index contributed by atoms with van der Waals surface area (Å²) in [5.41, 5.74) is 3.86. The Labute approximate surface area is 279 Å². The van der Waals surface area contributed by atoms with Crippen molar-refractivity contribution in [2.75, 3.05) is 4.90 Å². The molecule has 0 unspecified atom stereocenters. The molecular weight excluding hydrogens is 647 g/mol. The summed E-state index contributed by atoms with van der Waals surface area (Å²) in [4.78, 5) is 15.6. The number of hydrogen-bond acceptors (Lipinski definition) is 6. The summed E-state index contributed by atoms with van der Waals surface area (Å²) in [5.74, 6) is -1.37. The monoisotopic (exact) mass is 670 g/mol. The third kappa shape index (κ3) is 4.30. The molecule has 0 aliphatic carbocycles. The Morgan fingerprint density at radius 2 is 1.50 bits per heavy atom. The molecule has 5 nitrogen and oxygen atoms in total. The van der Waals surface area contributed by atoms with E-state index in [9.17, 15) is 18.5 Å². The van der Waals surface area contributed by atoms with Gasteiger partial charge in [0.25, 0.3) is 0 Å². The Bertz CT molecular complexity index is 2580. The van der Waals surface area contributed by atoms with Crippen LogP contribution in [0.1, 0.15) is 45.8 Å². The van der Waals surface area contributed by atoms with E-state index in [0.29, 0.717) is 32.5 Å². The van der Waals surface area contributed by atoms with Gasteiger partial charge < -0.3 is 4.90 Å². The van der Waals surface area contributed by atoms with Crippen LogP contribution in [0.15, 0.2) is 113 Å². The van der Waals surface area contributed by atoms with Crippen molar-refractivity contribution < 1.29 is 22.0 Å². The zero-order valence-corrected chi connectivity index (χ0v) is 27.2. The number of Topliss-reactive ketones (excluding diaryl/α,β-unsaturated/α-hetero) is 1. The van der Waals surface area contributed by atoms with Gasteiger partial charge in [0.05, 0.1) is 27.9 Å². The van der Waals surface area contributed by atoms with Crippen molar-refractivity contribution in [3.05, 3.63) is 147 Å². The van der Waals surface area contributed by atoms with E-state index >= 15 is 8.78 Å². The summed E-state index contributed by atoms with van der Waals surface area (Å²) in [6.07, 6.45) is 1.44. The summed E-state index contributed by atoms with van der Waals surface area (Å²) in [6.45, 7) is 4.07. The Balaban J connectivity index is 1.38.